The first-order valence-corrected chi connectivity index (χ1v) is 6.05. The van der Waals surface area contributed by atoms with E-state index < -0.39 is 4.92 Å². The fourth-order valence-corrected chi connectivity index (χ4v) is 1.90. The summed E-state index contributed by atoms with van der Waals surface area (Å²) >= 11 is 0. The number of likely N-dealkylation sites (N-methyl/N-ethyl adjacent to an activating group) is 1. The molecule has 0 aliphatic rings. The van der Waals surface area contributed by atoms with Gasteiger partial charge in [-0.1, -0.05) is 0 Å². The second-order valence-corrected chi connectivity index (χ2v) is 4.63. The fourth-order valence-electron chi connectivity index (χ4n) is 1.90. The molecule has 0 aliphatic heterocycles. The van der Waals surface area contributed by atoms with Crippen LogP contribution in [-0.2, 0) is 6.54 Å². The van der Waals surface area contributed by atoms with Crippen molar-refractivity contribution in [3.63, 3.8) is 0 Å². The van der Waals surface area contributed by atoms with Gasteiger partial charge < -0.3 is 9.40 Å². The highest BCUT2D eigenvalue weighted by molar-refractivity contribution is 5.96. The minimum absolute atomic E-state index is 0.110. The highest BCUT2D eigenvalue weighted by Crippen LogP contribution is 2.14. The number of aromatic amines is 1. The van der Waals surface area contributed by atoms with E-state index in [9.17, 15) is 14.9 Å². The number of nitrogens with one attached hydrogen (secondary N) is 1. The summed E-state index contributed by atoms with van der Waals surface area (Å²) in [4.78, 5) is 26.5. The average molecular weight is 277 g/mol. The van der Waals surface area contributed by atoms with Gasteiger partial charge in [-0.2, -0.15) is 0 Å². The Labute approximate surface area is 115 Å². The van der Waals surface area contributed by atoms with Crippen molar-refractivity contribution in [2.45, 2.75) is 13.5 Å². The third-order valence-electron chi connectivity index (χ3n) is 3.00. The van der Waals surface area contributed by atoms with Crippen LogP contribution in [0, 0.1) is 17.0 Å². The smallest absolute Gasteiger partial charge is 0.287 e. The summed E-state index contributed by atoms with van der Waals surface area (Å²) in [5.74, 6) is 0.626. The Morgan fingerprint density at radius 3 is 2.85 bits per heavy atom. The topological polar surface area (TPSA) is 92.4 Å². The fraction of sp³-hybridized carbons (Fsp3) is 0.308. The van der Waals surface area contributed by atoms with Crippen LogP contribution in [0.15, 0.2) is 29.0 Å². The molecule has 2 aromatic rings. The summed E-state index contributed by atoms with van der Waals surface area (Å²) in [5.41, 5.74) is 1.15. The minimum atomic E-state index is -0.536. The number of carbonyl (C=O) groups is 1. The predicted molar refractivity (Wildman–Crippen MR) is 71.6 cm³/mol. The van der Waals surface area contributed by atoms with Crippen molar-refractivity contribution in [3.8, 4) is 0 Å². The summed E-state index contributed by atoms with van der Waals surface area (Å²) in [6, 6.07) is 3.11. The average Bonchev–Trinajstić information content (AvgIpc) is 2.99. The molecule has 0 radical (unpaired) electrons. The number of H-pyrrole nitrogens is 1. The van der Waals surface area contributed by atoms with Crippen LogP contribution in [0.1, 0.15) is 21.8 Å². The molecule has 106 valence electrons. The lowest BCUT2D eigenvalue weighted by Crippen LogP contribution is -2.25. The van der Waals surface area contributed by atoms with Crippen LogP contribution < -0.4 is 0 Å². The maximum Gasteiger partial charge on any atom is 0.287 e. The molecule has 1 N–H and O–H groups in total. The van der Waals surface area contributed by atoms with Gasteiger partial charge in [-0.05, 0) is 20.0 Å². The quantitative estimate of drug-likeness (QED) is 0.496. The van der Waals surface area contributed by atoms with Gasteiger partial charge in [0.15, 0.2) is 5.78 Å². The number of ketones is 1. The van der Waals surface area contributed by atoms with E-state index in [0.29, 0.717) is 6.54 Å². The monoisotopic (exact) mass is 277 g/mol. The van der Waals surface area contributed by atoms with Crippen molar-refractivity contribution in [2.75, 3.05) is 13.6 Å². The highest BCUT2D eigenvalue weighted by Gasteiger charge is 2.16. The van der Waals surface area contributed by atoms with Crippen LogP contribution >= 0.6 is 0 Å². The number of Topliss-reactive ketones (excluding diaryl/α,β-unsaturated/α-hetero) is 1. The SMILES string of the molecule is Cc1occc1CN(C)CC(=O)c1cc([N+](=O)[O-])c[nH]1. The van der Waals surface area contributed by atoms with Crippen LogP contribution in [0.5, 0.6) is 0 Å². The van der Waals surface area contributed by atoms with E-state index in [0.717, 1.165) is 11.3 Å². The molecular formula is C13H15N3O4. The van der Waals surface area contributed by atoms with E-state index in [-0.39, 0.29) is 23.7 Å². The molecule has 0 bridgehead atoms. The first-order valence-electron chi connectivity index (χ1n) is 6.05. The van der Waals surface area contributed by atoms with Crippen LogP contribution in [0.3, 0.4) is 0 Å². The molecule has 0 atom stereocenters. The minimum Gasteiger partial charge on any atom is -0.469 e. The number of rotatable bonds is 6. The van der Waals surface area contributed by atoms with Gasteiger partial charge in [-0.15, -0.1) is 0 Å². The van der Waals surface area contributed by atoms with Gasteiger partial charge >= 0.3 is 0 Å². The third kappa shape index (κ3) is 3.12. The maximum absolute atomic E-state index is 12.0. The van der Waals surface area contributed by atoms with Gasteiger partial charge in [-0.25, -0.2) is 0 Å². The Morgan fingerprint density at radius 2 is 2.30 bits per heavy atom. The molecule has 2 heterocycles. The number of aryl methyl sites for hydroxylation is 1. The van der Waals surface area contributed by atoms with Crippen molar-refractivity contribution in [1.82, 2.24) is 9.88 Å². The number of furan rings is 1. The molecule has 20 heavy (non-hydrogen) atoms. The summed E-state index contributed by atoms with van der Waals surface area (Å²) in [7, 11) is 1.81. The standard InChI is InChI=1S/C13H15N3O4/c1-9-10(3-4-20-9)7-15(2)8-13(17)12-5-11(6-14-12)16(18)19/h3-6,14H,7-8H2,1-2H3. The zero-order valence-electron chi connectivity index (χ0n) is 11.3. The Hall–Kier alpha value is -2.41. The van der Waals surface area contributed by atoms with Crippen molar-refractivity contribution < 1.29 is 14.1 Å². The van der Waals surface area contributed by atoms with Gasteiger partial charge in [-0.3, -0.25) is 19.8 Å². The summed E-state index contributed by atoms with van der Waals surface area (Å²) in [5, 5.41) is 10.6. The normalized spacial score (nSPS) is 10.9. The second kappa shape index (κ2) is 5.70. The van der Waals surface area contributed by atoms with Gasteiger partial charge in [0.2, 0.25) is 0 Å². The van der Waals surface area contributed by atoms with Crippen molar-refractivity contribution in [1.29, 1.82) is 0 Å². The van der Waals surface area contributed by atoms with E-state index in [1.807, 2.05) is 24.9 Å². The first kappa shape index (κ1) is 14.0. The van der Waals surface area contributed by atoms with Gasteiger partial charge in [0, 0.05) is 18.2 Å². The first-order chi connectivity index (χ1) is 9.47. The molecule has 0 aliphatic carbocycles. The zero-order valence-corrected chi connectivity index (χ0v) is 11.3. The largest absolute Gasteiger partial charge is 0.469 e. The highest BCUT2D eigenvalue weighted by atomic mass is 16.6. The Balaban J connectivity index is 1.96. The molecule has 7 nitrogen and oxygen atoms in total. The molecular weight excluding hydrogens is 262 g/mol. The lowest BCUT2D eigenvalue weighted by atomic mass is 10.2. The van der Waals surface area contributed by atoms with Crippen LogP contribution in [0.4, 0.5) is 5.69 Å². The Bertz CT molecular complexity index is 629. The number of hydrogen-bond donors (Lipinski definition) is 1. The second-order valence-electron chi connectivity index (χ2n) is 4.63. The van der Waals surface area contributed by atoms with E-state index in [2.05, 4.69) is 4.98 Å². The molecule has 0 saturated carbocycles. The summed E-state index contributed by atoms with van der Waals surface area (Å²) in [6.45, 7) is 2.61. The molecule has 2 aromatic heterocycles. The van der Waals surface area contributed by atoms with Crippen molar-refractivity contribution >= 4 is 11.5 Å². The molecule has 0 aromatic carbocycles. The summed E-state index contributed by atoms with van der Waals surface area (Å²) < 4.78 is 5.19. The molecule has 7 heteroatoms. The van der Waals surface area contributed by atoms with Crippen LogP contribution in [0.25, 0.3) is 0 Å². The molecule has 0 fully saturated rings. The molecule has 0 spiro atoms. The van der Waals surface area contributed by atoms with Gasteiger partial charge in [0.1, 0.15) is 5.76 Å². The number of hydrogen-bond acceptors (Lipinski definition) is 5. The zero-order chi connectivity index (χ0) is 14.7. The third-order valence-corrected chi connectivity index (χ3v) is 3.00. The predicted octanol–water partition coefficient (Wildman–Crippen LogP) is 2.14. The van der Waals surface area contributed by atoms with Gasteiger partial charge in [0.25, 0.3) is 5.69 Å². The molecule has 0 amide bonds. The van der Waals surface area contributed by atoms with E-state index >= 15 is 0 Å². The van der Waals surface area contributed by atoms with E-state index in [1.54, 1.807) is 6.26 Å². The maximum atomic E-state index is 12.0. The molecule has 0 unspecified atom stereocenters. The Morgan fingerprint density at radius 1 is 1.55 bits per heavy atom. The lowest BCUT2D eigenvalue weighted by Gasteiger charge is -2.14. The van der Waals surface area contributed by atoms with Gasteiger partial charge in [0.05, 0.1) is 29.6 Å². The van der Waals surface area contributed by atoms with Crippen LogP contribution in [0.2, 0.25) is 0 Å². The molecule has 2 rings (SSSR count). The number of aromatic nitrogens is 1. The summed E-state index contributed by atoms with van der Waals surface area (Å²) in [6.07, 6.45) is 2.82. The number of carbonyl (C=O) groups excluding carboxylic acids is 1. The number of nitrogens with zero attached hydrogens (tertiary/aromatic N) is 2. The number of nitro groups is 1. The van der Waals surface area contributed by atoms with E-state index in [4.69, 9.17) is 4.42 Å². The Kier molecular flexibility index (Phi) is 3.99. The van der Waals surface area contributed by atoms with Crippen LogP contribution in [-0.4, -0.2) is 34.2 Å². The molecule has 0 saturated heterocycles. The lowest BCUT2D eigenvalue weighted by molar-refractivity contribution is -0.384. The van der Waals surface area contributed by atoms with Crippen molar-refractivity contribution in [3.05, 3.63) is 51.7 Å². The van der Waals surface area contributed by atoms with E-state index in [1.165, 1.54) is 12.3 Å². The van der Waals surface area contributed by atoms with Crippen molar-refractivity contribution in [2.24, 2.45) is 0 Å².